The lowest BCUT2D eigenvalue weighted by Crippen LogP contribution is -2.47. The van der Waals surface area contributed by atoms with Crippen LogP contribution >= 0.6 is 0 Å². The van der Waals surface area contributed by atoms with Crippen LogP contribution in [0.2, 0.25) is 0 Å². The lowest BCUT2D eigenvalue weighted by atomic mass is 9.97. The number of ether oxygens (including phenoxy) is 1. The van der Waals surface area contributed by atoms with Gasteiger partial charge in [-0.15, -0.1) is 0 Å². The molecule has 112 valence electrons. The molecule has 4 nitrogen and oxygen atoms in total. The third kappa shape index (κ3) is 3.07. The maximum atomic E-state index is 6.01. The van der Waals surface area contributed by atoms with Crippen LogP contribution in [0.25, 0.3) is 10.9 Å². The van der Waals surface area contributed by atoms with E-state index in [9.17, 15) is 0 Å². The van der Waals surface area contributed by atoms with Crippen molar-refractivity contribution in [2.75, 3.05) is 33.3 Å². The minimum Gasteiger partial charge on any atom is -0.374 e. The number of nitrogens with one attached hydrogen (secondary N) is 1. The van der Waals surface area contributed by atoms with Crippen molar-refractivity contribution in [3.8, 4) is 0 Å². The second kappa shape index (κ2) is 6.52. The third-order valence-corrected chi connectivity index (χ3v) is 4.17. The summed E-state index contributed by atoms with van der Waals surface area (Å²) in [5, 5.41) is 4.60. The summed E-state index contributed by atoms with van der Waals surface area (Å²) in [6.07, 6.45) is 2.03. The SMILES string of the molecule is CCNCC1OCCN(C)C1c1ccc2ncccc2c1. The summed E-state index contributed by atoms with van der Waals surface area (Å²) in [7, 11) is 2.18. The van der Waals surface area contributed by atoms with Gasteiger partial charge in [0.15, 0.2) is 0 Å². The van der Waals surface area contributed by atoms with E-state index in [4.69, 9.17) is 4.74 Å². The zero-order valence-electron chi connectivity index (χ0n) is 12.7. The molecule has 0 radical (unpaired) electrons. The molecule has 2 atom stereocenters. The number of rotatable bonds is 4. The summed E-state index contributed by atoms with van der Waals surface area (Å²) in [5.74, 6) is 0. The van der Waals surface area contributed by atoms with Crippen LogP contribution in [-0.4, -0.2) is 49.3 Å². The number of hydrogen-bond acceptors (Lipinski definition) is 4. The molecule has 0 aliphatic carbocycles. The van der Waals surface area contributed by atoms with Gasteiger partial charge in [0.05, 0.1) is 24.3 Å². The minimum absolute atomic E-state index is 0.192. The van der Waals surface area contributed by atoms with Gasteiger partial charge in [0.2, 0.25) is 0 Å². The second-order valence-corrected chi connectivity index (χ2v) is 5.60. The van der Waals surface area contributed by atoms with Crippen molar-refractivity contribution >= 4 is 10.9 Å². The van der Waals surface area contributed by atoms with Gasteiger partial charge in [-0.05, 0) is 37.4 Å². The van der Waals surface area contributed by atoms with Crippen molar-refractivity contribution in [1.82, 2.24) is 15.2 Å². The predicted octanol–water partition coefficient (Wildman–Crippen LogP) is 2.22. The average molecular weight is 285 g/mol. The van der Waals surface area contributed by atoms with Gasteiger partial charge in [-0.2, -0.15) is 0 Å². The van der Waals surface area contributed by atoms with Crippen molar-refractivity contribution in [2.45, 2.75) is 19.1 Å². The molecule has 0 saturated carbocycles. The van der Waals surface area contributed by atoms with Crippen molar-refractivity contribution in [3.63, 3.8) is 0 Å². The van der Waals surface area contributed by atoms with Crippen molar-refractivity contribution < 1.29 is 4.74 Å². The lowest BCUT2D eigenvalue weighted by molar-refractivity contribution is -0.0611. The Balaban J connectivity index is 1.92. The molecule has 0 amide bonds. The molecule has 1 fully saturated rings. The van der Waals surface area contributed by atoms with E-state index in [1.54, 1.807) is 0 Å². The lowest BCUT2D eigenvalue weighted by Gasteiger charge is -2.39. The van der Waals surface area contributed by atoms with Crippen molar-refractivity contribution in [2.24, 2.45) is 0 Å². The molecule has 1 saturated heterocycles. The van der Waals surface area contributed by atoms with E-state index in [0.29, 0.717) is 6.04 Å². The van der Waals surface area contributed by atoms with Crippen LogP contribution < -0.4 is 5.32 Å². The smallest absolute Gasteiger partial charge is 0.0896 e. The fraction of sp³-hybridized carbons (Fsp3) is 0.471. The number of pyridine rings is 1. The Kier molecular flexibility index (Phi) is 4.48. The van der Waals surface area contributed by atoms with Crippen LogP contribution in [0, 0.1) is 0 Å². The Morgan fingerprint density at radius 3 is 3.14 bits per heavy atom. The Bertz CT molecular complexity index is 601. The first-order valence-electron chi connectivity index (χ1n) is 7.67. The minimum atomic E-state index is 0.192. The summed E-state index contributed by atoms with van der Waals surface area (Å²) in [4.78, 5) is 6.79. The highest BCUT2D eigenvalue weighted by Gasteiger charge is 2.31. The van der Waals surface area contributed by atoms with Gasteiger partial charge >= 0.3 is 0 Å². The fourth-order valence-electron chi connectivity index (χ4n) is 3.07. The van der Waals surface area contributed by atoms with Gasteiger partial charge in [0.25, 0.3) is 0 Å². The molecule has 0 bridgehead atoms. The first-order valence-corrected chi connectivity index (χ1v) is 7.67. The normalized spacial score (nSPS) is 23.5. The third-order valence-electron chi connectivity index (χ3n) is 4.17. The molecule has 3 rings (SSSR count). The fourth-order valence-corrected chi connectivity index (χ4v) is 3.07. The van der Waals surface area contributed by atoms with Gasteiger partial charge in [0.1, 0.15) is 0 Å². The largest absolute Gasteiger partial charge is 0.374 e. The number of aromatic nitrogens is 1. The summed E-state index contributed by atoms with van der Waals surface area (Å²) in [6.45, 7) is 5.76. The summed E-state index contributed by atoms with van der Waals surface area (Å²) in [6, 6.07) is 10.9. The molecule has 4 heteroatoms. The number of fused-ring (bicyclic) bond motifs is 1. The van der Waals surface area contributed by atoms with E-state index < -0.39 is 0 Å². The maximum absolute atomic E-state index is 6.01. The number of nitrogens with zero attached hydrogens (tertiary/aromatic N) is 2. The zero-order valence-corrected chi connectivity index (χ0v) is 12.7. The van der Waals surface area contributed by atoms with Crippen LogP contribution in [0.3, 0.4) is 0 Å². The topological polar surface area (TPSA) is 37.4 Å². The molecule has 21 heavy (non-hydrogen) atoms. The molecule has 0 spiro atoms. The first-order chi connectivity index (χ1) is 10.3. The van der Waals surface area contributed by atoms with Gasteiger partial charge in [0, 0.05) is 24.7 Å². The molecule has 1 aliphatic rings. The van der Waals surface area contributed by atoms with Gasteiger partial charge in [-0.3, -0.25) is 9.88 Å². The zero-order chi connectivity index (χ0) is 14.7. The maximum Gasteiger partial charge on any atom is 0.0896 e. The van der Waals surface area contributed by atoms with Crippen molar-refractivity contribution in [3.05, 3.63) is 42.1 Å². The molecule has 2 unspecified atom stereocenters. The molecule has 1 aromatic carbocycles. The van der Waals surface area contributed by atoms with Gasteiger partial charge in [-0.1, -0.05) is 19.1 Å². The summed E-state index contributed by atoms with van der Waals surface area (Å²) in [5.41, 5.74) is 2.35. The highest BCUT2D eigenvalue weighted by atomic mass is 16.5. The van der Waals surface area contributed by atoms with Crippen LogP contribution in [0.5, 0.6) is 0 Å². The van der Waals surface area contributed by atoms with Crippen LogP contribution in [0.15, 0.2) is 36.5 Å². The predicted molar refractivity (Wildman–Crippen MR) is 85.4 cm³/mol. The molecule has 1 aromatic heterocycles. The van der Waals surface area contributed by atoms with E-state index >= 15 is 0 Å². The Hall–Kier alpha value is -1.49. The molecule has 1 N–H and O–H groups in total. The number of benzene rings is 1. The summed E-state index contributed by atoms with van der Waals surface area (Å²) < 4.78 is 6.01. The Labute approximate surface area is 126 Å². The molecule has 2 aromatic rings. The molecular weight excluding hydrogens is 262 g/mol. The number of morpholine rings is 1. The van der Waals surface area contributed by atoms with Gasteiger partial charge < -0.3 is 10.1 Å². The quantitative estimate of drug-likeness (QED) is 0.934. The standard InChI is InChI=1S/C17H23N3O/c1-3-18-12-16-17(20(2)9-10-21-16)14-6-7-15-13(11-14)5-4-8-19-15/h4-8,11,16-18H,3,9-10,12H2,1-2H3. The molecule has 1 aliphatic heterocycles. The van der Waals surface area contributed by atoms with E-state index in [-0.39, 0.29) is 6.10 Å². The highest BCUT2D eigenvalue weighted by Crippen LogP contribution is 2.29. The van der Waals surface area contributed by atoms with E-state index in [0.717, 1.165) is 31.8 Å². The van der Waals surface area contributed by atoms with Crippen molar-refractivity contribution in [1.29, 1.82) is 0 Å². The molecule has 2 heterocycles. The molecular formula is C17H23N3O. The monoisotopic (exact) mass is 285 g/mol. The van der Waals surface area contributed by atoms with Crippen LogP contribution in [-0.2, 0) is 4.74 Å². The Morgan fingerprint density at radius 1 is 1.38 bits per heavy atom. The Morgan fingerprint density at radius 2 is 2.29 bits per heavy atom. The van der Waals surface area contributed by atoms with E-state index in [2.05, 4.69) is 53.4 Å². The van der Waals surface area contributed by atoms with E-state index in [1.807, 2.05) is 12.3 Å². The summed E-state index contributed by atoms with van der Waals surface area (Å²) >= 11 is 0. The first kappa shape index (κ1) is 14.4. The average Bonchev–Trinajstić information content (AvgIpc) is 2.52. The number of hydrogen-bond donors (Lipinski definition) is 1. The van der Waals surface area contributed by atoms with Crippen LogP contribution in [0.1, 0.15) is 18.5 Å². The van der Waals surface area contributed by atoms with Crippen LogP contribution in [0.4, 0.5) is 0 Å². The highest BCUT2D eigenvalue weighted by molar-refractivity contribution is 5.79. The van der Waals surface area contributed by atoms with E-state index in [1.165, 1.54) is 10.9 Å². The second-order valence-electron chi connectivity index (χ2n) is 5.60. The number of likely N-dealkylation sites (N-methyl/N-ethyl adjacent to an activating group) is 2. The van der Waals surface area contributed by atoms with Gasteiger partial charge in [-0.25, -0.2) is 0 Å².